The van der Waals surface area contributed by atoms with Gasteiger partial charge in [-0.3, -0.25) is 0 Å². The summed E-state index contributed by atoms with van der Waals surface area (Å²) in [5.41, 5.74) is 2.76. The van der Waals surface area contributed by atoms with Gasteiger partial charge in [-0.25, -0.2) is 0 Å². The van der Waals surface area contributed by atoms with Crippen molar-refractivity contribution in [2.24, 2.45) is 0 Å². The number of hydrogen-bond donors (Lipinski definition) is 1. The number of hydrogen-bond acceptors (Lipinski definition) is 5. The van der Waals surface area contributed by atoms with Crippen LogP contribution in [-0.2, 0) is 6.42 Å². The molecule has 1 heterocycles. The third kappa shape index (κ3) is 6.70. The average molecular weight is 365 g/mol. The second kappa shape index (κ2) is 11.6. The zero-order valence-corrected chi connectivity index (χ0v) is 16.0. The molecule has 5 nitrogen and oxygen atoms in total. The Morgan fingerprint density at radius 2 is 1.67 bits per heavy atom. The Morgan fingerprint density at radius 3 is 2.37 bits per heavy atom. The minimum Gasteiger partial charge on any atom is -0.508 e. The lowest BCUT2D eigenvalue weighted by Crippen LogP contribution is -1.95. The molecular formula is C22H27N3O2. The van der Waals surface area contributed by atoms with Gasteiger partial charge >= 0.3 is 0 Å². The molecule has 0 spiro atoms. The summed E-state index contributed by atoms with van der Waals surface area (Å²) in [7, 11) is 1.59. The molecule has 0 aliphatic heterocycles. The van der Waals surface area contributed by atoms with Gasteiger partial charge in [-0.05, 0) is 29.7 Å². The van der Waals surface area contributed by atoms with E-state index in [2.05, 4.69) is 22.3 Å². The third-order valence-electron chi connectivity index (χ3n) is 4.16. The Balaban J connectivity index is 0.000000194. The lowest BCUT2D eigenvalue weighted by molar-refractivity contribution is 0.410. The number of aromatic nitrogens is 3. The van der Waals surface area contributed by atoms with E-state index in [1.807, 2.05) is 48.5 Å². The van der Waals surface area contributed by atoms with Crippen LogP contribution in [0.2, 0.25) is 0 Å². The summed E-state index contributed by atoms with van der Waals surface area (Å²) in [5.74, 6) is 1.07. The zero-order chi connectivity index (χ0) is 19.3. The van der Waals surface area contributed by atoms with Crippen molar-refractivity contribution in [3.05, 3.63) is 66.4 Å². The van der Waals surface area contributed by atoms with E-state index in [1.165, 1.54) is 25.7 Å². The normalized spacial score (nSPS) is 10.0. The Kier molecular flexibility index (Phi) is 8.77. The van der Waals surface area contributed by atoms with Gasteiger partial charge in [0.05, 0.1) is 13.3 Å². The molecule has 0 aliphatic carbocycles. The second-order valence-corrected chi connectivity index (χ2v) is 6.16. The first kappa shape index (κ1) is 20.4. The molecular weight excluding hydrogens is 338 g/mol. The SMILES string of the molecule is CCCCCCc1ccccc1O.COc1cnnnc1-c1ccccc1. The Hall–Kier alpha value is -2.95. The highest BCUT2D eigenvalue weighted by Crippen LogP contribution is 2.24. The summed E-state index contributed by atoms with van der Waals surface area (Å²) in [6.45, 7) is 2.21. The van der Waals surface area contributed by atoms with Crippen molar-refractivity contribution in [1.29, 1.82) is 0 Å². The van der Waals surface area contributed by atoms with Crippen LogP contribution >= 0.6 is 0 Å². The van der Waals surface area contributed by atoms with E-state index in [-0.39, 0.29) is 0 Å². The van der Waals surface area contributed by atoms with Gasteiger partial charge in [-0.2, -0.15) is 0 Å². The first-order valence-corrected chi connectivity index (χ1v) is 9.31. The number of rotatable bonds is 7. The number of unbranched alkanes of at least 4 members (excludes halogenated alkanes) is 3. The average Bonchev–Trinajstić information content (AvgIpc) is 2.73. The Morgan fingerprint density at radius 1 is 0.926 bits per heavy atom. The molecule has 142 valence electrons. The standard InChI is InChI=1S/C12H18O.C10H9N3O/c1-2-3-4-5-8-11-9-6-7-10-12(11)13;1-14-9-7-11-13-12-10(9)8-5-3-2-4-6-8/h6-7,9-10,13H,2-5,8H2,1H3;2-7H,1H3. The highest BCUT2D eigenvalue weighted by atomic mass is 16.5. The molecule has 5 heteroatoms. The van der Waals surface area contributed by atoms with Crippen molar-refractivity contribution in [3.8, 4) is 22.8 Å². The van der Waals surface area contributed by atoms with Gasteiger partial charge in [0.1, 0.15) is 11.4 Å². The molecule has 1 aromatic heterocycles. The monoisotopic (exact) mass is 365 g/mol. The van der Waals surface area contributed by atoms with E-state index in [9.17, 15) is 5.11 Å². The van der Waals surface area contributed by atoms with Crippen LogP contribution in [0.1, 0.15) is 38.2 Å². The lowest BCUT2D eigenvalue weighted by atomic mass is 10.1. The fourth-order valence-corrected chi connectivity index (χ4v) is 2.67. The molecule has 0 aliphatic rings. The molecule has 1 N–H and O–H groups in total. The fraction of sp³-hybridized carbons (Fsp3) is 0.318. The second-order valence-electron chi connectivity index (χ2n) is 6.16. The van der Waals surface area contributed by atoms with Gasteiger partial charge in [0.15, 0.2) is 5.75 Å². The highest BCUT2D eigenvalue weighted by Gasteiger charge is 2.06. The maximum Gasteiger partial charge on any atom is 0.167 e. The molecule has 2 aromatic carbocycles. The van der Waals surface area contributed by atoms with Crippen molar-refractivity contribution in [2.75, 3.05) is 7.11 Å². The van der Waals surface area contributed by atoms with E-state index >= 15 is 0 Å². The van der Waals surface area contributed by atoms with Gasteiger partial charge in [0.25, 0.3) is 0 Å². The lowest BCUT2D eigenvalue weighted by Gasteiger charge is -2.04. The number of methoxy groups -OCH3 is 1. The van der Waals surface area contributed by atoms with Crippen molar-refractivity contribution in [3.63, 3.8) is 0 Å². The molecule has 0 amide bonds. The van der Waals surface area contributed by atoms with Crippen molar-refractivity contribution < 1.29 is 9.84 Å². The summed E-state index contributed by atoms with van der Waals surface area (Å²) in [6.07, 6.45) is 7.58. The molecule has 3 aromatic rings. The van der Waals surface area contributed by atoms with Crippen LogP contribution in [0.15, 0.2) is 60.8 Å². The first-order chi connectivity index (χ1) is 13.3. The maximum atomic E-state index is 9.47. The highest BCUT2D eigenvalue weighted by molar-refractivity contribution is 5.64. The topological polar surface area (TPSA) is 68.1 Å². The molecule has 0 fully saturated rings. The fourth-order valence-electron chi connectivity index (χ4n) is 2.67. The summed E-state index contributed by atoms with van der Waals surface area (Å²) in [4.78, 5) is 0. The molecule has 0 saturated carbocycles. The third-order valence-corrected chi connectivity index (χ3v) is 4.16. The summed E-state index contributed by atoms with van der Waals surface area (Å²) in [5, 5.41) is 20.6. The minimum absolute atomic E-state index is 0.444. The molecule has 0 radical (unpaired) electrons. The number of phenols is 1. The van der Waals surface area contributed by atoms with Gasteiger partial charge in [-0.15, -0.1) is 10.2 Å². The van der Waals surface area contributed by atoms with Gasteiger partial charge < -0.3 is 9.84 Å². The Labute approximate surface area is 161 Å². The van der Waals surface area contributed by atoms with Gasteiger partial charge in [-0.1, -0.05) is 74.7 Å². The maximum absolute atomic E-state index is 9.47. The number of aromatic hydroxyl groups is 1. The number of phenolic OH excluding ortho intramolecular Hbond substituents is 1. The van der Waals surface area contributed by atoms with Crippen LogP contribution < -0.4 is 4.74 Å². The van der Waals surface area contributed by atoms with Crippen LogP contribution in [0.25, 0.3) is 11.3 Å². The van der Waals surface area contributed by atoms with Crippen LogP contribution in [0.5, 0.6) is 11.5 Å². The smallest absolute Gasteiger partial charge is 0.167 e. The van der Waals surface area contributed by atoms with Crippen LogP contribution in [0, 0.1) is 0 Å². The molecule has 0 bridgehead atoms. The van der Waals surface area contributed by atoms with E-state index < -0.39 is 0 Å². The van der Waals surface area contributed by atoms with Crippen molar-refractivity contribution in [2.45, 2.75) is 39.0 Å². The molecule has 0 saturated heterocycles. The van der Waals surface area contributed by atoms with Crippen LogP contribution in [-0.4, -0.2) is 27.6 Å². The number of nitrogens with zero attached hydrogens (tertiary/aromatic N) is 3. The summed E-state index contributed by atoms with van der Waals surface area (Å²) in [6, 6.07) is 17.3. The van der Waals surface area contributed by atoms with Crippen molar-refractivity contribution >= 4 is 0 Å². The van der Waals surface area contributed by atoms with Crippen LogP contribution in [0.4, 0.5) is 0 Å². The predicted octanol–water partition coefficient (Wildman–Crippen LogP) is 5.06. The van der Waals surface area contributed by atoms with E-state index in [0.717, 1.165) is 17.5 Å². The molecule has 0 atom stereocenters. The minimum atomic E-state index is 0.444. The van der Waals surface area contributed by atoms with E-state index in [1.54, 1.807) is 19.4 Å². The predicted molar refractivity (Wildman–Crippen MR) is 108 cm³/mol. The number of aryl methyl sites for hydroxylation is 1. The first-order valence-electron chi connectivity index (χ1n) is 9.31. The van der Waals surface area contributed by atoms with E-state index in [0.29, 0.717) is 17.2 Å². The van der Waals surface area contributed by atoms with Gasteiger partial charge in [0, 0.05) is 5.56 Å². The van der Waals surface area contributed by atoms with Crippen LogP contribution in [0.3, 0.4) is 0 Å². The molecule has 3 rings (SSSR count). The number of benzene rings is 2. The molecule has 27 heavy (non-hydrogen) atoms. The largest absolute Gasteiger partial charge is 0.508 e. The number of para-hydroxylation sites is 1. The number of ether oxygens (including phenoxy) is 1. The van der Waals surface area contributed by atoms with E-state index in [4.69, 9.17) is 4.74 Å². The molecule has 0 unspecified atom stereocenters. The van der Waals surface area contributed by atoms with Gasteiger partial charge in [0.2, 0.25) is 0 Å². The zero-order valence-electron chi connectivity index (χ0n) is 16.0. The quantitative estimate of drug-likeness (QED) is 0.593. The van der Waals surface area contributed by atoms with Crippen molar-refractivity contribution in [1.82, 2.24) is 15.4 Å². The Bertz CT molecular complexity index is 794. The summed E-state index contributed by atoms with van der Waals surface area (Å²) < 4.78 is 5.13. The summed E-state index contributed by atoms with van der Waals surface area (Å²) >= 11 is 0.